The van der Waals surface area contributed by atoms with E-state index >= 15 is 0 Å². The Bertz CT molecular complexity index is 475. The van der Waals surface area contributed by atoms with Crippen LogP contribution in [-0.2, 0) is 0 Å². The van der Waals surface area contributed by atoms with Gasteiger partial charge in [-0.05, 0) is 39.0 Å². The van der Waals surface area contributed by atoms with Gasteiger partial charge in [-0.25, -0.2) is 4.98 Å². The second kappa shape index (κ2) is 6.91. The van der Waals surface area contributed by atoms with Crippen LogP contribution in [0, 0.1) is 5.92 Å². The van der Waals surface area contributed by atoms with E-state index in [4.69, 9.17) is 0 Å². The lowest BCUT2D eigenvalue weighted by molar-refractivity contribution is 0.312. The first-order valence-electron chi connectivity index (χ1n) is 7.97. The number of rotatable bonds is 5. The molecule has 20 heavy (non-hydrogen) atoms. The Morgan fingerprint density at radius 3 is 2.65 bits per heavy atom. The van der Waals surface area contributed by atoms with Crippen molar-refractivity contribution in [3.63, 3.8) is 0 Å². The zero-order valence-electron chi connectivity index (χ0n) is 12.9. The zero-order chi connectivity index (χ0) is 14.5. The molecule has 1 saturated carbocycles. The maximum absolute atomic E-state index is 12.4. The minimum absolute atomic E-state index is 0.00300. The van der Waals surface area contributed by atoms with Crippen LogP contribution in [0.4, 0.5) is 5.82 Å². The van der Waals surface area contributed by atoms with Crippen molar-refractivity contribution in [2.24, 2.45) is 5.92 Å². The molecule has 0 aromatic carbocycles. The van der Waals surface area contributed by atoms with Crippen molar-refractivity contribution in [1.82, 2.24) is 9.55 Å². The Kier molecular flexibility index (Phi) is 5.21. The summed E-state index contributed by atoms with van der Waals surface area (Å²) >= 11 is 0. The Morgan fingerprint density at radius 1 is 1.35 bits per heavy atom. The monoisotopic (exact) mass is 277 g/mol. The number of nitrogens with one attached hydrogen (secondary N) is 1. The summed E-state index contributed by atoms with van der Waals surface area (Å²) in [6.45, 7) is 6.23. The van der Waals surface area contributed by atoms with E-state index in [1.165, 1.54) is 32.1 Å². The SMILES string of the molecule is CCC(Nc1nccn(C(C)C)c1=O)C1CCCCC1. The molecule has 1 heterocycles. The number of hydrogen-bond donors (Lipinski definition) is 1. The zero-order valence-corrected chi connectivity index (χ0v) is 12.9. The maximum Gasteiger partial charge on any atom is 0.293 e. The van der Waals surface area contributed by atoms with Crippen molar-refractivity contribution < 1.29 is 0 Å². The molecule has 0 spiro atoms. The second-order valence-corrected chi connectivity index (χ2v) is 6.14. The first-order valence-corrected chi connectivity index (χ1v) is 7.97. The normalized spacial score (nSPS) is 18.2. The van der Waals surface area contributed by atoms with Crippen LogP contribution in [0.5, 0.6) is 0 Å². The summed E-state index contributed by atoms with van der Waals surface area (Å²) in [7, 11) is 0. The van der Waals surface area contributed by atoms with Gasteiger partial charge in [0.25, 0.3) is 5.56 Å². The van der Waals surface area contributed by atoms with Gasteiger partial charge in [-0.3, -0.25) is 4.79 Å². The van der Waals surface area contributed by atoms with Crippen LogP contribution >= 0.6 is 0 Å². The average molecular weight is 277 g/mol. The van der Waals surface area contributed by atoms with Crippen molar-refractivity contribution in [1.29, 1.82) is 0 Å². The molecule has 1 aromatic heterocycles. The third-order valence-corrected chi connectivity index (χ3v) is 4.41. The molecule has 2 rings (SSSR count). The van der Waals surface area contributed by atoms with Crippen LogP contribution in [0.25, 0.3) is 0 Å². The Balaban J connectivity index is 2.15. The van der Waals surface area contributed by atoms with E-state index < -0.39 is 0 Å². The third-order valence-electron chi connectivity index (χ3n) is 4.41. The average Bonchev–Trinajstić information content (AvgIpc) is 2.47. The topological polar surface area (TPSA) is 46.9 Å². The predicted octanol–water partition coefficient (Wildman–Crippen LogP) is 3.60. The van der Waals surface area contributed by atoms with Crippen molar-refractivity contribution in [2.45, 2.75) is 71.4 Å². The molecule has 1 aromatic rings. The fourth-order valence-electron chi connectivity index (χ4n) is 3.20. The van der Waals surface area contributed by atoms with Gasteiger partial charge in [-0.15, -0.1) is 0 Å². The number of nitrogens with zero attached hydrogens (tertiary/aromatic N) is 2. The lowest BCUT2D eigenvalue weighted by atomic mass is 9.83. The van der Waals surface area contributed by atoms with E-state index in [0.717, 1.165) is 6.42 Å². The minimum atomic E-state index is -0.00300. The van der Waals surface area contributed by atoms with E-state index in [1.54, 1.807) is 17.0 Å². The molecule has 1 aliphatic carbocycles. The van der Waals surface area contributed by atoms with Crippen molar-refractivity contribution in [2.75, 3.05) is 5.32 Å². The summed E-state index contributed by atoms with van der Waals surface area (Å²) < 4.78 is 1.74. The summed E-state index contributed by atoms with van der Waals surface area (Å²) in [4.78, 5) is 16.6. The Labute approximate surface area is 121 Å². The van der Waals surface area contributed by atoms with Crippen LogP contribution < -0.4 is 10.9 Å². The van der Waals surface area contributed by atoms with Crippen LogP contribution in [0.1, 0.15) is 65.3 Å². The molecule has 0 saturated heterocycles. The lowest BCUT2D eigenvalue weighted by Crippen LogP contribution is -2.34. The first-order chi connectivity index (χ1) is 9.63. The molecule has 1 aliphatic rings. The molecule has 0 bridgehead atoms. The molecule has 0 amide bonds. The highest BCUT2D eigenvalue weighted by molar-refractivity contribution is 5.32. The quantitative estimate of drug-likeness (QED) is 0.894. The number of anilines is 1. The second-order valence-electron chi connectivity index (χ2n) is 6.14. The molecule has 1 N–H and O–H groups in total. The number of aromatic nitrogens is 2. The largest absolute Gasteiger partial charge is 0.362 e. The Hall–Kier alpha value is -1.32. The molecule has 112 valence electrons. The van der Waals surface area contributed by atoms with Crippen molar-refractivity contribution in [3.8, 4) is 0 Å². The molecule has 1 fully saturated rings. The molecule has 4 heteroatoms. The van der Waals surface area contributed by atoms with Gasteiger partial charge < -0.3 is 9.88 Å². The molecule has 1 unspecified atom stereocenters. The summed E-state index contributed by atoms with van der Waals surface area (Å²) in [6.07, 6.45) is 11.1. The van der Waals surface area contributed by atoms with Gasteiger partial charge in [0.05, 0.1) is 0 Å². The highest BCUT2D eigenvalue weighted by atomic mass is 16.1. The molecule has 0 aliphatic heterocycles. The highest BCUT2D eigenvalue weighted by Gasteiger charge is 2.23. The van der Waals surface area contributed by atoms with Gasteiger partial charge in [0, 0.05) is 24.5 Å². The van der Waals surface area contributed by atoms with E-state index in [1.807, 2.05) is 13.8 Å². The highest BCUT2D eigenvalue weighted by Crippen LogP contribution is 2.28. The fraction of sp³-hybridized carbons (Fsp3) is 0.750. The Morgan fingerprint density at radius 2 is 2.05 bits per heavy atom. The first kappa shape index (κ1) is 15.1. The van der Waals surface area contributed by atoms with Crippen LogP contribution in [0.2, 0.25) is 0 Å². The van der Waals surface area contributed by atoms with Gasteiger partial charge in [0.15, 0.2) is 5.82 Å². The molecule has 0 radical (unpaired) electrons. The van der Waals surface area contributed by atoms with Gasteiger partial charge >= 0.3 is 0 Å². The molecular weight excluding hydrogens is 250 g/mol. The predicted molar refractivity (Wildman–Crippen MR) is 83.2 cm³/mol. The fourth-order valence-corrected chi connectivity index (χ4v) is 3.20. The third kappa shape index (κ3) is 3.41. The van der Waals surface area contributed by atoms with E-state index in [-0.39, 0.29) is 11.6 Å². The van der Waals surface area contributed by atoms with Crippen LogP contribution in [-0.4, -0.2) is 15.6 Å². The maximum atomic E-state index is 12.4. The van der Waals surface area contributed by atoms with Gasteiger partial charge in [0.2, 0.25) is 0 Å². The van der Waals surface area contributed by atoms with E-state index in [0.29, 0.717) is 17.8 Å². The van der Waals surface area contributed by atoms with Gasteiger partial charge in [-0.2, -0.15) is 0 Å². The summed E-state index contributed by atoms with van der Waals surface area (Å²) in [5, 5.41) is 3.42. The van der Waals surface area contributed by atoms with Gasteiger partial charge in [0.1, 0.15) is 0 Å². The molecule has 4 nitrogen and oxygen atoms in total. The van der Waals surface area contributed by atoms with E-state index in [2.05, 4.69) is 17.2 Å². The summed E-state index contributed by atoms with van der Waals surface area (Å²) in [5.74, 6) is 1.20. The molecular formula is C16H27N3O. The van der Waals surface area contributed by atoms with Crippen molar-refractivity contribution in [3.05, 3.63) is 22.7 Å². The van der Waals surface area contributed by atoms with Crippen molar-refractivity contribution >= 4 is 5.82 Å². The van der Waals surface area contributed by atoms with Crippen LogP contribution in [0.3, 0.4) is 0 Å². The standard InChI is InChI=1S/C16H27N3O/c1-4-14(13-8-6-5-7-9-13)18-15-16(20)19(12(2)3)11-10-17-15/h10-14H,4-9H2,1-3H3,(H,17,18). The summed E-state index contributed by atoms with van der Waals surface area (Å²) in [6, 6.07) is 0.541. The lowest BCUT2D eigenvalue weighted by Gasteiger charge is -2.30. The number of hydrogen-bond acceptors (Lipinski definition) is 3. The summed E-state index contributed by atoms with van der Waals surface area (Å²) in [5.41, 5.74) is -0.00300. The van der Waals surface area contributed by atoms with E-state index in [9.17, 15) is 4.79 Å². The molecule has 1 atom stereocenters. The smallest absolute Gasteiger partial charge is 0.293 e. The van der Waals surface area contributed by atoms with Gasteiger partial charge in [-0.1, -0.05) is 26.2 Å². The van der Waals surface area contributed by atoms with Crippen LogP contribution in [0.15, 0.2) is 17.2 Å². The minimum Gasteiger partial charge on any atom is -0.362 e.